The second kappa shape index (κ2) is 7.23. The van der Waals surface area contributed by atoms with E-state index in [0.717, 1.165) is 34.0 Å². The molecule has 0 unspecified atom stereocenters. The van der Waals surface area contributed by atoms with Gasteiger partial charge in [0.2, 0.25) is 0 Å². The average Bonchev–Trinajstić information content (AvgIpc) is 3.10. The first-order valence-electron chi connectivity index (χ1n) is 7.48. The topological polar surface area (TPSA) is 64.1 Å². The van der Waals surface area contributed by atoms with Gasteiger partial charge in [0.25, 0.3) is 5.91 Å². The van der Waals surface area contributed by atoms with Crippen LogP contribution in [0.4, 0.5) is 0 Å². The van der Waals surface area contributed by atoms with Crippen LogP contribution in [0.15, 0.2) is 48.5 Å². The second-order valence-electron chi connectivity index (χ2n) is 5.35. The quantitative estimate of drug-likeness (QED) is 0.773. The van der Waals surface area contributed by atoms with E-state index >= 15 is 0 Å². The molecule has 1 aromatic heterocycles. The van der Waals surface area contributed by atoms with E-state index in [2.05, 4.69) is 14.9 Å². The highest BCUT2D eigenvalue weighted by molar-refractivity contribution is 7.08. The summed E-state index contributed by atoms with van der Waals surface area (Å²) in [7, 11) is 1.63. The lowest BCUT2D eigenvalue weighted by molar-refractivity contribution is 0.0955. The first-order chi connectivity index (χ1) is 11.7. The third-order valence-electron chi connectivity index (χ3n) is 3.63. The van der Waals surface area contributed by atoms with E-state index in [0.29, 0.717) is 17.1 Å². The standard InChI is InChI=1S/C18H17N3O2S/c1-12-3-7-14(8-4-12)16-17(24-21-20-16)18(22)19-11-13-5-9-15(23-2)10-6-13/h3-10H,11H2,1-2H3,(H,19,22). The highest BCUT2D eigenvalue weighted by Crippen LogP contribution is 2.24. The van der Waals surface area contributed by atoms with Crippen LogP contribution in [0.3, 0.4) is 0 Å². The van der Waals surface area contributed by atoms with Gasteiger partial charge < -0.3 is 10.1 Å². The van der Waals surface area contributed by atoms with Gasteiger partial charge >= 0.3 is 0 Å². The van der Waals surface area contributed by atoms with Crippen molar-refractivity contribution in [2.24, 2.45) is 0 Å². The third-order valence-corrected chi connectivity index (χ3v) is 4.36. The first-order valence-corrected chi connectivity index (χ1v) is 8.25. The maximum absolute atomic E-state index is 12.5. The molecule has 1 N–H and O–H groups in total. The number of rotatable bonds is 5. The van der Waals surface area contributed by atoms with E-state index in [1.165, 1.54) is 0 Å². The second-order valence-corrected chi connectivity index (χ2v) is 6.10. The summed E-state index contributed by atoms with van der Waals surface area (Å²) in [6, 6.07) is 15.5. The van der Waals surface area contributed by atoms with Crippen LogP contribution in [0.1, 0.15) is 20.8 Å². The van der Waals surface area contributed by atoms with Gasteiger partial charge in [0.1, 0.15) is 16.3 Å². The van der Waals surface area contributed by atoms with Gasteiger partial charge in [-0.3, -0.25) is 4.79 Å². The molecule has 1 amide bonds. The van der Waals surface area contributed by atoms with Crippen molar-refractivity contribution in [3.05, 3.63) is 64.5 Å². The van der Waals surface area contributed by atoms with Crippen molar-refractivity contribution in [1.29, 1.82) is 0 Å². The molecule has 0 radical (unpaired) electrons. The number of nitrogens with zero attached hydrogens (tertiary/aromatic N) is 2. The lowest BCUT2D eigenvalue weighted by Crippen LogP contribution is -2.22. The van der Waals surface area contributed by atoms with Crippen LogP contribution in [-0.2, 0) is 6.54 Å². The van der Waals surface area contributed by atoms with Gasteiger partial charge in [-0.05, 0) is 36.2 Å². The maximum atomic E-state index is 12.5. The van der Waals surface area contributed by atoms with Crippen LogP contribution in [0.2, 0.25) is 0 Å². The van der Waals surface area contributed by atoms with Gasteiger partial charge in [-0.1, -0.05) is 46.4 Å². The monoisotopic (exact) mass is 339 g/mol. The van der Waals surface area contributed by atoms with Crippen molar-refractivity contribution in [3.63, 3.8) is 0 Å². The minimum atomic E-state index is -0.170. The van der Waals surface area contributed by atoms with Gasteiger partial charge in [0.05, 0.1) is 7.11 Å². The molecule has 24 heavy (non-hydrogen) atoms. The SMILES string of the molecule is COc1ccc(CNC(=O)c2snnc2-c2ccc(C)cc2)cc1. The molecule has 0 atom stereocenters. The van der Waals surface area contributed by atoms with Crippen molar-refractivity contribution in [3.8, 4) is 17.0 Å². The van der Waals surface area contributed by atoms with Crippen molar-refractivity contribution in [2.45, 2.75) is 13.5 Å². The van der Waals surface area contributed by atoms with Crippen LogP contribution < -0.4 is 10.1 Å². The Kier molecular flexibility index (Phi) is 4.86. The number of amides is 1. The smallest absolute Gasteiger partial charge is 0.265 e. The van der Waals surface area contributed by atoms with E-state index in [4.69, 9.17) is 4.74 Å². The molecule has 122 valence electrons. The molecular weight excluding hydrogens is 322 g/mol. The summed E-state index contributed by atoms with van der Waals surface area (Å²) in [6.45, 7) is 2.46. The molecule has 0 fully saturated rings. The van der Waals surface area contributed by atoms with Gasteiger partial charge in [-0.15, -0.1) is 5.10 Å². The zero-order valence-electron chi connectivity index (χ0n) is 13.4. The van der Waals surface area contributed by atoms with Gasteiger partial charge in [0.15, 0.2) is 0 Å². The van der Waals surface area contributed by atoms with Gasteiger partial charge in [-0.2, -0.15) is 0 Å². The molecular formula is C18H17N3O2S. The molecule has 3 rings (SSSR count). The number of aryl methyl sites for hydroxylation is 1. The molecule has 0 saturated heterocycles. The Bertz CT molecular complexity index is 826. The minimum absolute atomic E-state index is 0.170. The van der Waals surface area contributed by atoms with Crippen molar-refractivity contribution >= 4 is 17.4 Å². The highest BCUT2D eigenvalue weighted by atomic mass is 32.1. The predicted octanol–water partition coefficient (Wildman–Crippen LogP) is 3.45. The van der Waals surface area contributed by atoms with Crippen LogP contribution >= 0.6 is 11.5 Å². The Balaban J connectivity index is 1.71. The number of carbonyl (C=O) groups is 1. The molecule has 3 aromatic rings. The molecule has 1 heterocycles. The fourth-order valence-corrected chi connectivity index (χ4v) is 2.85. The number of aromatic nitrogens is 2. The third kappa shape index (κ3) is 3.60. The van der Waals surface area contributed by atoms with Crippen molar-refractivity contribution in [1.82, 2.24) is 14.9 Å². The summed E-state index contributed by atoms with van der Waals surface area (Å²) in [4.78, 5) is 13.0. The van der Waals surface area contributed by atoms with E-state index in [1.807, 2.05) is 55.5 Å². The first kappa shape index (κ1) is 16.1. The summed E-state index contributed by atoms with van der Waals surface area (Å²) in [5.41, 5.74) is 3.67. The van der Waals surface area contributed by atoms with Crippen LogP contribution in [0.25, 0.3) is 11.3 Å². The number of carbonyl (C=O) groups excluding carboxylic acids is 1. The summed E-state index contributed by atoms with van der Waals surface area (Å²) in [5, 5.41) is 7.02. The number of methoxy groups -OCH3 is 1. The van der Waals surface area contributed by atoms with Crippen molar-refractivity contribution < 1.29 is 9.53 Å². The van der Waals surface area contributed by atoms with E-state index in [9.17, 15) is 4.79 Å². The predicted molar refractivity (Wildman–Crippen MR) is 94.2 cm³/mol. The normalized spacial score (nSPS) is 10.4. The van der Waals surface area contributed by atoms with E-state index in [1.54, 1.807) is 7.11 Å². The zero-order valence-corrected chi connectivity index (χ0v) is 14.3. The molecule has 0 spiro atoms. The average molecular weight is 339 g/mol. The Labute approximate surface area is 144 Å². The summed E-state index contributed by atoms with van der Waals surface area (Å²) >= 11 is 1.10. The molecule has 0 aliphatic rings. The molecule has 6 heteroatoms. The van der Waals surface area contributed by atoms with Crippen molar-refractivity contribution in [2.75, 3.05) is 7.11 Å². The minimum Gasteiger partial charge on any atom is -0.497 e. The van der Waals surface area contributed by atoms with Gasteiger partial charge in [-0.25, -0.2) is 0 Å². The molecule has 0 bridgehead atoms. The number of hydrogen-bond acceptors (Lipinski definition) is 5. The van der Waals surface area contributed by atoms with Crippen LogP contribution in [0, 0.1) is 6.92 Å². The summed E-state index contributed by atoms with van der Waals surface area (Å²) in [6.07, 6.45) is 0. The Hall–Kier alpha value is -2.73. The Morgan fingerprint density at radius 3 is 2.50 bits per heavy atom. The number of nitrogens with one attached hydrogen (secondary N) is 1. The number of hydrogen-bond donors (Lipinski definition) is 1. The lowest BCUT2D eigenvalue weighted by atomic mass is 10.1. The summed E-state index contributed by atoms with van der Waals surface area (Å²) < 4.78 is 9.06. The van der Waals surface area contributed by atoms with E-state index in [-0.39, 0.29) is 5.91 Å². The Morgan fingerprint density at radius 1 is 1.12 bits per heavy atom. The largest absolute Gasteiger partial charge is 0.497 e. The zero-order chi connectivity index (χ0) is 16.9. The van der Waals surface area contributed by atoms with E-state index < -0.39 is 0 Å². The number of benzene rings is 2. The van der Waals surface area contributed by atoms with Crippen LogP contribution in [0.5, 0.6) is 5.75 Å². The highest BCUT2D eigenvalue weighted by Gasteiger charge is 2.17. The number of ether oxygens (including phenoxy) is 1. The molecule has 2 aromatic carbocycles. The summed E-state index contributed by atoms with van der Waals surface area (Å²) in [5.74, 6) is 0.620. The van der Waals surface area contributed by atoms with Crippen LogP contribution in [-0.4, -0.2) is 22.6 Å². The Morgan fingerprint density at radius 2 is 1.83 bits per heavy atom. The fraction of sp³-hybridized carbons (Fsp3) is 0.167. The molecule has 0 aliphatic heterocycles. The molecule has 0 aliphatic carbocycles. The molecule has 0 saturated carbocycles. The van der Waals surface area contributed by atoms with Gasteiger partial charge in [0, 0.05) is 12.1 Å². The lowest BCUT2D eigenvalue weighted by Gasteiger charge is -2.06. The maximum Gasteiger partial charge on any atom is 0.265 e. The molecule has 5 nitrogen and oxygen atoms in total. The fourth-order valence-electron chi connectivity index (χ4n) is 2.25.